The average Bonchev–Trinajstić information content (AvgIpc) is 2.40. The molecule has 0 unspecified atom stereocenters. The van der Waals surface area contributed by atoms with E-state index in [1.807, 2.05) is 6.07 Å². The van der Waals surface area contributed by atoms with E-state index in [-0.39, 0.29) is 0 Å². The first-order chi connectivity index (χ1) is 8.65. The molecule has 0 spiro atoms. The van der Waals surface area contributed by atoms with Crippen molar-refractivity contribution >= 4 is 11.6 Å². The monoisotopic (exact) mass is 272 g/mol. The van der Waals surface area contributed by atoms with Crippen molar-refractivity contribution in [1.82, 2.24) is 0 Å². The van der Waals surface area contributed by atoms with E-state index in [4.69, 9.17) is 32.5 Å². The molecule has 0 radical (unpaired) electrons. The molecule has 0 aromatic heterocycles. The normalized spacial score (nSPS) is 10.8. The molecule has 0 bridgehead atoms. The van der Waals surface area contributed by atoms with Crippen molar-refractivity contribution in [3.8, 4) is 11.5 Å². The minimum absolute atomic E-state index is 0.330. The highest BCUT2D eigenvalue weighted by Crippen LogP contribution is 2.33. The van der Waals surface area contributed by atoms with Gasteiger partial charge in [-0.15, -0.1) is 0 Å². The Bertz CT molecular complexity index is 381. The molecule has 5 heteroatoms. The predicted octanol–water partition coefficient (Wildman–Crippen LogP) is 1.82. The number of aryl methyl sites for hydroxylation is 1. The van der Waals surface area contributed by atoms with Crippen LogP contribution in [0.1, 0.15) is 12.0 Å². The van der Waals surface area contributed by atoms with E-state index < -0.39 is 0 Å². The van der Waals surface area contributed by atoms with Crippen LogP contribution in [0.15, 0.2) is 12.1 Å². The zero-order chi connectivity index (χ0) is 13.5. The van der Waals surface area contributed by atoms with Gasteiger partial charge in [-0.25, -0.2) is 0 Å². The summed E-state index contributed by atoms with van der Waals surface area (Å²) < 4.78 is 10.5. The molecule has 1 aromatic rings. The summed E-state index contributed by atoms with van der Waals surface area (Å²) in [7, 11) is 3.23. The summed E-state index contributed by atoms with van der Waals surface area (Å²) in [6, 6.07) is 3.68. The van der Waals surface area contributed by atoms with E-state index >= 15 is 0 Å². The zero-order valence-corrected chi connectivity index (χ0v) is 11.7. The first-order valence-electron chi connectivity index (χ1n) is 5.96. The lowest BCUT2D eigenvalue weighted by Gasteiger charge is -2.15. The molecular weight excluding hydrogens is 252 g/mol. The Balaban J connectivity index is 2.85. The summed E-state index contributed by atoms with van der Waals surface area (Å²) in [5.41, 5.74) is 12.3. The Morgan fingerprint density at radius 1 is 1.11 bits per heavy atom. The summed E-state index contributed by atoms with van der Waals surface area (Å²) in [6.07, 6.45) is 1.77. The second kappa shape index (κ2) is 7.46. The van der Waals surface area contributed by atoms with Crippen molar-refractivity contribution in [2.45, 2.75) is 12.8 Å². The van der Waals surface area contributed by atoms with Crippen molar-refractivity contribution in [1.29, 1.82) is 0 Å². The third-order valence-electron chi connectivity index (χ3n) is 3.04. The topological polar surface area (TPSA) is 70.5 Å². The van der Waals surface area contributed by atoms with Crippen LogP contribution in [0, 0.1) is 5.92 Å². The van der Waals surface area contributed by atoms with Gasteiger partial charge < -0.3 is 20.9 Å². The van der Waals surface area contributed by atoms with Crippen LogP contribution in [0.25, 0.3) is 0 Å². The van der Waals surface area contributed by atoms with Crippen molar-refractivity contribution in [2.75, 3.05) is 27.3 Å². The van der Waals surface area contributed by atoms with E-state index in [0.717, 1.165) is 24.2 Å². The molecule has 0 heterocycles. The number of rotatable bonds is 7. The van der Waals surface area contributed by atoms with Gasteiger partial charge in [-0.05, 0) is 43.5 Å². The number of hydrogen-bond donors (Lipinski definition) is 2. The van der Waals surface area contributed by atoms with E-state index in [1.165, 1.54) is 0 Å². The molecule has 0 fully saturated rings. The van der Waals surface area contributed by atoms with Gasteiger partial charge in [0.15, 0.2) is 0 Å². The predicted molar refractivity (Wildman–Crippen MR) is 74.5 cm³/mol. The molecule has 0 saturated carbocycles. The number of nitrogens with two attached hydrogens (primary N) is 2. The molecule has 1 aromatic carbocycles. The van der Waals surface area contributed by atoms with Gasteiger partial charge in [-0.2, -0.15) is 0 Å². The zero-order valence-electron chi connectivity index (χ0n) is 10.9. The number of ether oxygens (including phenoxy) is 2. The molecule has 0 amide bonds. The highest BCUT2D eigenvalue weighted by Gasteiger charge is 2.12. The van der Waals surface area contributed by atoms with Crippen LogP contribution in [-0.2, 0) is 6.42 Å². The van der Waals surface area contributed by atoms with Crippen molar-refractivity contribution in [2.24, 2.45) is 17.4 Å². The largest absolute Gasteiger partial charge is 0.496 e. The maximum atomic E-state index is 6.05. The Hall–Kier alpha value is -0.970. The van der Waals surface area contributed by atoms with E-state index in [0.29, 0.717) is 29.8 Å². The van der Waals surface area contributed by atoms with Crippen LogP contribution < -0.4 is 20.9 Å². The quantitative estimate of drug-likeness (QED) is 0.794. The molecule has 18 heavy (non-hydrogen) atoms. The molecule has 4 nitrogen and oxygen atoms in total. The van der Waals surface area contributed by atoms with Crippen LogP contribution in [-0.4, -0.2) is 27.3 Å². The SMILES string of the molecule is COc1cc(CCC(CN)CN)c(OC)cc1Cl. The highest BCUT2D eigenvalue weighted by molar-refractivity contribution is 6.32. The minimum Gasteiger partial charge on any atom is -0.496 e. The van der Waals surface area contributed by atoms with Gasteiger partial charge in [0.2, 0.25) is 0 Å². The fourth-order valence-electron chi connectivity index (χ4n) is 1.81. The summed E-state index contributed by atoms with van der Waals surface area (Å²) in [5.74, 6) is 1.76. The summed E-state index contributed by atoms with van der Waals surface area (Å²) in [6.45, 7) is 1.20. The molecule has 0 aliphatic rings. The van der Waals surface area contributed by atoms with Gasteiger partial charge in [0.1, 0.15) is 11.5 Å². The lowest BCUT2D eigenvalue weighted by Crippen LogP contribution is -2.23. The first-order valence-corrected chi connectivity index (χ1v) is 6.34. The second-order valence-electron chi connectivity index (χ2n) is 4.17. The van der Waals surface area contributed by atoms with Crippen LogP contribution in [0.4, 0.5) is 0 Å². The fraction of sp³-hybridized carbons (Fsp3) is 0.538. The van der Waals surface area contributed by atoms with E-state index in [2.05, 4.69) is 0 Å². The molecule has 102 valence electrons. The van der Waals surface area contributed by atoms with Crippen molar-refractivity contribution < 1.29 is 9.47 Å². The van der Waals surface area contributed by atoms with Crippen LogP contribution in [0.3, 0.4) is 0 Å². The standard InChI is InChI=1S/C13H21ClN2O2/c1-17-12-6-11(14)13(18-2)5-10(12)4-3-9(7-15)8-16/h5-6,9H,3-4,7-8,15-16H2,1-2H3. The van der Waals surface area contributed by atoms with Crippen LogP contribution in [0.2, 0.25) is 5.02 Å². The molecule has 0 aliphatic heterocycles. The van der Waals surface area contributed by atoms with Gasteiger partial charge in [0, 0.05) is 6.07 Å². The van der Waals surface area contributed by atoms with Gasteiger partial charge in [0.25, 0.3) is 0 Å². The molecule has 4 N–H and O–H groups in total. The lowest BCUT2D eigenvalue weighted by molar-refractivity contribution is 0.396. The van der Waals surface area contributed by atoms with Gasteiger partial charge in [-0.3, -0.25) is 0 Å². The maximum Gasteiger partial charge on any atom is 0.137 e. The van der Waals surface area contributed by atoms with Crippen molar-refractivity contribution in [3.05, 3.63) is 22.7 Å². The van der Waals surface area contributed by atoms with Crippen LogP contribution >= 0.6 is 11.6 Å². The minimum atomic E-state index is 0.330. The first kappa shape index (κ1) is 15.1. The highest BCUT2D eigenvalue weighted by atomic mass is 35.5. The molecule has 1 rings (SSSR count). The maximum absolute atomic E-state index is 6.05. The second-order valence-corrected chi connectivity index (χ2v) is 4.58. The van der Waals surface area contributed by atoms with Gasteiger partial charge in [-0.1, -0.05) is 11.6 Å². The molecule has 0 atom stereocenters. The summed E-state index contributed by atoms with van der Waals surface area (Å²) in [4.78, 5) is 0. The van der Waals surface area contributed by atoms with E-state index in [1.54, 1.807) is 20.3 Å². The Morgan fingerprint density at radius 3 is 2.22 bits per heavy atom. The Morgan fingerprint density at radius 2 is 1.72 bits per heavy atom. The smallest absolute Gasteiger partial charge is 0.137 e. The molecular formula is C13H21ClN2O2. The Kier molecular flexibility index (Phi) is 6.25. The number of halogens is 1. The van der Waals surface area contributed by atoms with Gasteiger partial charge >= 0.3 is 0 Å². The fourth-order valence-corrected chi connectivity index (χ4v) is 2.04. The third-order valence-corrected chi connectivity index (χ3v) is 3.34. The van der Waals surface area contributed by atoms with Gasteiger partial charge in [0.05, 0.1) is 19.2 Å². The summed E-state index contributed by atoms with van der Waals surface area (Å²) in [5, 5.41) is 0.548. The summed E-state index contributed by atoms with van der Waals surface area (Å²) >= 11 is 6.05. The number of hydrogen-bond acceptors (Lipinski definition) is 4. The molecule has 0 aliphatic carbocycles. The van der Waals surface area contributed by atoms with E-state index in [9.17, 15) is 0 Å². The molecule has 0 saturated heterocycles. The van der Waals surface area contributed by atoms with Crippen molar-refractivity contribution in [3.63, 3.8) is 0 Å². The number of benzene rings is 1. The Labute approximate surface area is 113 Å². The third kappa shape index (κ3) is 3.77. The lowest BCUT2D eigenvalue weighted by atomic mass is 9.99. The average molecular weight is 273 g/mol. The van der Waals surface area contributed by atoms with Crippen LogP contribution in [0.5, 0.6) is 11.5 Å². The number of methoxy groups -OCH3 is 2.